The van der Waals surface area contributed by atoms with E-state index in [0.717, 1.165) is 12.8 Å². The van der Waals surface area contributed by atoms with E-state index in [1.54, 1.807) is 0 Å². The number of carbonyl (C=O) groups is 2. The van der Waals surface area contributed by atoms with Crippen molar-refractivity contribution < 1.29 is 14.7 Å². The number of aromatic carboxylic acids is 1. The Kier molecular flexibility index (Phi) is 3.41. The third-order valence-corrected chi connectivity index (χ3v) is 3.02. The molecule has 6 heteroatoms. The molecule has 0 aliphatic heterocycles. The predicted molar refractivity (Wildman–Crippen MR) is 60.8 cm³/mol. The summed E-state index contributed by atoms with van der Waals surface area (Å²) in [5.74, 6) is -0.451. The van der Waals surface area contributed by atoms with Gasteiger partial charge in [0.1, 0.15) is 5.69 Å². The van der Waals surface area contributed by atoms with Crippen LogP contribution in [0.3, 0.4) is 0 Å². The molecule has 6 nitrogen and oxygen atoms in total. The first-order valence-electron chi connectivity index (χ1n) is 5.73. The smallest absolute Gasteiger partial charge is 0.353 e. The fourth-order valence-electron chi connectivity index (χ4n) is 2.17. The number of amides is 1. The van der Waals surface area contributed by atoms with Crippen molar-refractivity contribution in [2.45, 2.75) is 32.1 Å². The highest BCUT2D eigenvalue weighted by Gasteiger charge is 2.19. The molecule has 0 bridgehead atoms. The van der Waals surface area contributed by atoms with Crippen molar-refractivity contribution in [2.24, 2.45) is 5.92 Å². The SMILES string of the molecule is O=C(CC1CCCC1)Nc1cc(C(=O)O)[nH]n1. The fourth-order valence-corrected chi connectivity index (χ4v) is 2.17. The number of carboxylic acids is 1. The van der Waals surface area contributed by atoms with Crippen LogP contribution in [-0.2, 0) is 4.79 Å². The maximum atomic E-state index is 11.6. The molecule has 0 aromatic carbocycles. The molecule has 1 aliphatic rings. The van der Waals surface area contributed by atoms with Crippen molar-refractivity contribution in [3.05, 3.63) is 11.8 Å². The second kappa shape index (κ2) is 4.99. The molecule has 1 aliphatic carbocycles. The molecule has 0 atom stereocenters. The van der Waals surface area contributed by atoms with Crippen LogP contribution in [0.15, 0.2) is 6.07 Å². The van der Waals surface area contributed by atoms with Gasteiger partial charge in [-0.3, -0.25) is 9.89 Å². The molecule has 1 heterocycles. The number of hydrogen-bond donors (Lipinski definition) is 3. The molecule has 1 fully saturated rings. The molecule has 1 amide bonds. The molecule has 1 saturated carbocycles. The Morgan fingerprint density at radius 3 is 2.76 bits per heavy atom. The third kappa shape index (κ3) is 3.05. The number of nitrogens with zero attached hydrogens (tertiary/aromatic N) is 1. The Morgan fingerprint density at radius 1 is 1.47 bits per heavy atom. The number of aromatic nitrogens is 2. The first-order chi connectivity index (χ1) is 8.15. The highest BCUT2D eigenvalue weighted by molar-refractivity contribution is 5.92. The monoisotopic (exact) mass is 237 g/mol. The number of anilines is 1. The third-order valence-electron chi connectivity index (χ3n) is 3.02. The van der Waals surface area contributed by atoms with Crippen molar-refractivity contribution in [1.29, 1.82) is 0 Å². The molecule has 2 rings (SSSR count). The zero-order chi connectivity index (χ0) is 12.3. The number of aromatic amines is 1. The second-order valence-electron chi connectivity index (χ2n) is 4.37. The van der Waals surface area contributed by atoms with E-state index in [1.165, 1.54) is 18.9 Å². The molecule has 0 saturated heterocycles. The van der Waals surface area contributed by atoms with Crippen molar-refractivity contribution in [1.82, 2.24) is 10.2 Å². The summed E-state index contributed by atoms with van der Waals surface area (Å²) in [6.45, 7) is 0. The van der Waals surface area contributed by atoms with Crippen molar-refractivity contribution in [3.8, 4) is 0 Å². The Balaban J connectivity index is 1.86. The normalized spacial score (nSPS) is 16.0. The van der Waals surface area contributed by atoms with Gasteiger partial charge in [-0.25, -0.2) is 4.79 Å². The lowest BCUT2D eigenvalue weighted by molar-refractivity contribution is -0.117. The molecular weight excluding hydrogens is 222 g/mol. The summed E-state index contributed by atoms with van der Waals surface area (Å²) >= 11 is 0. The maximum Gasteiger partial charge on any atom is 0.353 e. The van der Waals surface area contributed by atoms with E-state index in [4.69, 9.17) is 5.11 Å². The van der Waals surface area contributed by atoms with Crippen molar-refractivity contribution in [2.75, 3.05) is 5.32 Å². The maximum absolute atomic E-state index is 11.6. The number of rotatable bonds is 4. The van der Waals surface area contributed by atoms with Gasteiger partial charge in [0, 0.05) is 12.5 Å². The molecular formula is C11H15N3O3. The van der Waals surface area contributed by atoms with Gasteiger partial charge in [-0.15, -0.1) is 0 Å². The molecule has 0 unspecified atom stereocenters. The van der Waals surface area contributed by atoms with E-state index in [0.29, 0.717) is 12.3 Å². The van der Waals surface area contributed by atoms with E-state index in [-0.39, 0.29) is 17.4 Å². The van der Waals surface area contributed by atoms with Gasteiger partial charge in [0.05, 0.1) is 0 Å². The van der Waals surface area contributed by atoms with Crippen LogP contribution in [0.2, 0.25) is 0 Å². The molecule has 1 aromatic heterocycles. The zero-order valence-electron chi connectivity index (χ0n) is 9.40. The molecule has 0 spiro atoms. The van der Waals surface area contributed by atoms with Gasteiger partial charge < -0.3 is 10.4 Å². The van der Waals surface area contributed by atoms with Gasteiger partial charge in [0.25, 0.3) is 0 Å². The minimum Gasteiger partial charge on any atom is -0.477 e. The topological polar surface area (TPSA) is 95.1 Å². The van der Waals surface area contributed by atoms with Crippen molar-refractivity contribution >= 4 is 17.7 Å². The van der Waals surface area contributed by atoms with Gasteiger partial charge >= 0.3 is 5.97 Å². The number of H-pyrrole nitrogens is 1. The summed E-state index contributed by atoms with van der Waals surface area (Å²) in [6.07, 6.45) is 5.10. The minimum absolute atomic E-state index is 0.0267. The lowest BCUT2D eigenvalue weighted by atomic mass is 10.0. The first-order valence-corrected chi connectivity index (χ1v) is 5.73. The van der Waals surface area contributed by atoms with E-state index < -0.39 is 5.97 Å². The number of carboxylic acid groups (broad SMARTS) is 1. The molecule has 92 valence electrons. The summed E-state index contributed by atoms with van der Waals surface area (Å²) in [6, 6.07) is 1.31. The number of carbonyl (C=O) groups excluding carboxylic acids is 1. The largest absolute Gasteiger partial charge is 0.477 e. The average molecular weight is 237 g/mol. The van der Waals surface area contributed by atoms with Gasteiger partial charge in [-0.05, 0) is 18.8 Å². The van der Waals surface area contributed by atoms with Gasteiger partial charge in [-0.2, -0.15) is 5.10 Å². The fraction of sp³-hybridized carbons (Fsp3) is 0.545. The van der Waals surface area contributed by atoms with Crippen LogP contribution >= 0.6 is 0 Å². The summed E-state index contributed by atoms with van der Waals surface area (Å²) in [7, 11) is 0. The van der Waals surface area contributed by atoms with Crippen LogP contribution in [0.4, 0.5) is 5.82 Å². The quantitative estimate of drug-likeness (QED) is 0.741. The summed E-state index contributed by atoms with van der Waals surface area (Å²) in [4.78, 5) is 22.2. The molecule has 0 radical (unpaired) electrons. The van der Waals surface area contributed by atoms with Crippen LogP contribution < -0.4 is 5.32 Å². The van der Waals surface area contributed by atoms with Gasteiger partial charge in [0.2, 0.25) is 5.91 Å². The Bertz CT molecular complexity index is 421. The lowest BCUT2D eigenvalue weighted by Gasteiger charge is -2.07. The summed E-state index contributed by atoms with van der Waals surface area (Å²) in [5.41, 5.74) is -0.0267. The van der Waals surface area contributed by atoms with E-state index in [9.17, 15) is 9.59 Å². The van der Waals surface area contributed by atoms with Crippen LogP contribution in [0.25, 0.3) is 0 Å². The highest BCUT2D eigenvalue weighted by Crippen LogP contribution is 2.27. The second-order valence-corrected chi connectivity index (χ2v) is 4.37. The van der Waals surface area contributed by atoms with Crippen LogP contribution in [0.1, 0.15) is 42.6 Å². The van der Waals surface area contributed by atoms with Gasteiger partial charge in [0.15, 0.2) is 5.82 Å². The molecule has 17 heavy (non-hydrogen) atoms. The predicted octanol–water partition coefficient (Wildman–Crippen LogP) is 1.63. The molecule has 3 N–H and O–H groups in total. The average Bonchev–Trinajstić information content (AvgIpc) is 2.88. The lowest BCUT2D eigenvalue weighted by Crippen LogP contribution is -2.15. The minimum atomic E-state index is -1.09. The summed E-state index contributed by atoms with van der Waals surface area (Å²) in [5, 5.41) is 17.3. The van der Waals surface area contributed by atoms with Crippen LogP contribution in [-0.4, -0.2) is 27.2 Å². The summed E-state index contributed by atoms with van der Waals surface area (Å²) < 4.78 is 0. The van der Waals surface area contributed by atoms with Crippen LogP contribution in [0.5, 0.6) is 0 Å². The zero-order valence-corrected chi connectivity index (χ0v) is 9.40. The Morgan fingerprint density at radius 2 is 2.18 bits per heavy atom. The highest BCUT2D eigenvalue weighted by atomic mass is 16.4. The molecule has 1 aromatic rings. The van der Waals surface area contributed by atoms with Gasteiger partial charge in [-0.1, -0.05) is 12.8 Å². The van der Waals surface area contributed by atoms with Crippen LogP contribution in [0, 0.1) is 5.92 Å². The van der Waals surface area contributed by atoms with E-state index in [2.05, 4.69) is 15.5 Å². The number of hydrogen-bond acceptors (Lipinski definition) is 3. The van der Waals surface area contributed by atoms with E-state index in [1.807, 2.05) is 0 Å². The number of nitrogens with one attached hydrogen (secondary N) is 2. The first kappa shape index (κ1) is 11.6. The van der Waals surface area contributed by atoms with E-state index >= 15 is 0 Å². The standard InChI is InChI=1S/C11H15N3O3/c15-10(5-7-3-1-2-4-7)12-9-6-8(11(16)17)13-14-9/h6-7H,1-5H2,(H,16,17)(H2,12,13,14,15). The Hall–Kier alpha value is -1.85. The Labute approximate surface area is 98.4 Å². The van der Waals surface area contributed by atoms with Crippen molar-refractivity contribution in [3.63, 3.8) is 0 Å².